The van der Waals surface area contributed by atoms with Gasteiger partial charge in [-0.1, -0.05) is 18.2 Å². The molecule has 0 atom stereocenters. The molecule has 0 aliphatic heterocycles. The fourth-order valence-electron chi connectivity index (χ4n) is 1.62. The zero-order valence-corrected chi connectivity index (χ0v) is 11.9. The van der Waals surface area contributed by atoms with Gasteiger partial charge in [0.15, 0.2) is 0 Å². The first-order valence-electron chi connectivity index (χ1n) is 6.09. The van der Waals surface area contributed by atoms with Crippen LogP contribution in [0.3, 0.4) is 0 Å². The molecule has 0 radical (unpaired) electrons. The number of alkyl halides is 1. The van der Waals surface area contributed by atoms with Gasteiger partial charge in [-0.3, -0.25) is 4.79 Å². The molecule has 0 aliphatic rings. The number of amides is 1. The van der Waals surface area contributed by atoms with E-state index in [1.807, 2.05) is 38.1 Å². The Balaban J connectivity index is 2.74. The molecule has 1 rings (SSSR count). The predicted octanol–water partition coefficient (Wildman–Crippen LogP) is 3.06. The number of carbonyl (C=O) groups is 1. The first-order valence-corrected chi connectivity index (χ1v) is 6.62. The number of hydrogen-bond acceptors (Lipinski definition) is 2. The molecule has 0 bridgehead atoms. The van der Waals surface area contributed by atoms with Crippen LogP contribution in [-0.2, 0) is 11.3 Å². The largest absolute Gasteiger partial charge is 0.491 e. The lowest BCUT2D eigenvalue weighted by Crippen LogP contribution is -2.26. The maximum absolute atomic E-state index is 11.7. The van der Waals surface area contributed by atoms with Crippen molar-refractivity contribution in [1.29, 1.82) is 0 Å². The van der Waals surface area contributed by atoms with E-state index in [9.17, 15) is 4.79 Å². The number of benzene rings is 1. The van der Waals surface area contributed by atoms with Crippen molar-refractivity contribution >= 4 is 17.5 Å². The average molecular weight is 270 g/mol. The third-order valence-corrected chi connectivity index (χ3v) is 2.67. The summed E-state index contributed by atoms with van der Waals surface area (Å²) in [6, 6.07) is 7.78. The summed E-state index contributed by atoms with van der Waals surface area (Å²) in [5, 5.41) is 0. The maximum atomic E-state index is 11.7. The molecule has 18 heavy (non-hydrogen) atoms. The third kappa shape index (κ3) is 4.57. The maximum Gasteiger partial charge on any atom is 0.223 e. The minimum Gasteiger partial charge on any atom is -0.491 e. The summed E-state index contributed by atoms with van der Waals surface area (Å²) in [4.78, 5) is 13.4. The van der Waals surface area contributed by atoms with Gasteiger partial charge in [-0.05, 0) is 19.9 Å². The summed E-state index contributed by atoms with van der Waals surface area (Å²) in [6.45, 7) is 4.51. The van der Waals surface area contributed by atoms with Gasteiger partial charge in [0.2, 0.25) is 5.91 Å². The molecule has 0 unspecified atom stereocenters. The van der Waals surface area contributed by atoms with Crippen molar-refractivity contribution in [2.45, 2.75) is 32.9 Å². The van der Waals surface area contributed by atoms with Crippen molar-refractivity contribution in [3.8, 4) is 5.75 Å². The van der Waals surface area contributed by atoms with Gasteiger partial charge in [-0.25, -0.2) is 0 Å². The summed E-state index contributed by atoms with van der Waals surface area (Å²) in [7, 11) is 1.78. The zero-order chi connectivity index (χ0) is 13.5. The fraction of sp³-hybridized carbons (Fsp3) is 0.500. The van der Waals surface area contributed by atoms with E-state index in [1.54, 1.807) is 11.9 Å². The molecule has 0 aliphatic carbocycles. The Bertz CT molecular complexity index is 393. The average Bonchev–Trinajstić information content (AvgIpc) is 2.31. The summed E-state index contributed by atoms with van der Waals surface area (Å²) in [5.41, 5.74) is 1.01. The van der Waals surface area contributed by atoms with Crippen molar-refractivity contribution in [2.75, 3.05) is 12.9 Å². The molecule has 0 heterocycles. The Kier molecular flexibility index (Phi) is 5.99. The highest BCUT2D eigenvalue weighted by atomic mass is 35.5. The van der Waals surface area contributed by atoms with Crippen LogP contribution in [0.2, 0.25) is 0 Å². The molecule has 4 heteroatoms. The number of carbonyl (C=O) groups excluding carboxylic acids is 1. The van der Waals surface area contributed by atoms with Crippen molar-refractivity contribution in [3.05, 3.63) is 29.8 Å². The normalized spacial score (nSPS) is 10.5. The van der Waals surface area contributed by atoms with Gasteiger partial charge >= 0.3 is 0 Å². The smallest absolute Gasteiger partial charge is 0.223 e. The van der Waals surface area contributed by atoms with Crippen molar-refractivity contribution in [2.24, 2.45) is 0 Å². The Morgan fingerprint density at radius 2 is 2.06 bits per heavy atom. The van der Waals surface area contributed by atoms with Crippen molar-refractivity contribution < 1.29 is 9.53 Å². The molecule has 3 nitrogen and oxygen atoms in total. The van der Waals surface area contributed by atoms with E-state index in [2.05, 4.69) is 0 Å². The summed E-state index contributed by atoms with van der Waals surface area (Å²) in [5.74, 6) is 1.23. The number of nitrogens with zero attached hydrogens (tertiary/aromatic N) is 1. The van der Waals surface area contributed by atoms with E-state index < -0.39 is 0 Å². The van der Waals surface area contributed by atoms with Gasteiger partial charge < -0.3 is 9.64 Å². The van der Waals surface area contributed by atoms with Crippen LogP contribution in [0.15, 0.2) is 24.3 Å². The Labute approximate surface area is 114 Å². The van der Waals surface area contributed by atoms with Crippen LogP contribution in [0.4, 0.5) is 0 Å². The molecular weight excluding hydrogens is 250 g/mol. The monoisotopic (exact) mass is 269 g/mol. The minimum absolute atomic E-state index is 0.0457. The molecule has 0 spiro atoms. The zero-order valence-electron chi connectivity index (χ0n) is 11.1. The van der Waals surface area contributed by atoms with Crippen LogP contribution in [-0.4, -0.2) is 29.8 Å². The van der Waals surface area contributed by atoms with Gasteiger partial charge in [0.1, 0.15) is 5.75 Å². The van der Waals surface area contributed by atoms with Gasteiger partial charge in [0.05, 0.1) is 6.10 Å². The van der Waals surface area contributed by atoms with E-state index in [0.29, 0.717) is 18.8 Å². The van der Waals surface area contributed by atoms with Crippen LogP contribution in [0.5, 0.6) is 5.75 Å². The topological polar surface area (TPSA) is 29.5 Å². The van der Waals surface area contributed by atoms with Gasteiger partial charge in [-0.15, -0.1) is 11.6 Å². The lowest BCUT2D eigenvalue weighted by molar-refractivity contribution is -0.130. The first kappa shape index (κ1) is 14.8. The Morgan fingerprint density at radius 3 is 2.67 bits per heavy atom. The highest BCUT2D eigenvalue weighted by Crippen LogP contribution is 2.20. The molecule has 0 aromatic heterocycles. The molecule has 0 saturated carbocycles. The van der Waals surface area contributed by atoms with E-state index in [-0.39, 0.29) is 12.0 Å². The number of halogens is 1. The number of para-hydroxylation sites is 1. The molecule has 1 aromatic carbocycles. The second-order valence-corrected chi connectivity index (χ2v) is 4.84. The second-order valence-electron chi connectivity index (χ2n) is 4.46. The highest BCUT2D eigenvalue weighted by molar-refractivity contribution is 6.18. The number of hydrogen-bond donors (Lipinski definition) is 0. The third-order valence-electron chi connectivity index (χ3n) is 2.48. The first-order chi connectivity index (χ1) is 8.54. The quantitative estimate of drug-likeness (QED) is 0.743. The van der Waals surface area contributed by atoms with Crippen molar-refractivity contribution in [1.82, 2.24) is 4.90 Å². The molecule has 1 amide bonds. The summed E-state index contributed by atoms with van der Waals surface area (Å²) >= 11 is 5.57. The van der Waals surface area contributed by atoms with E-state index in [0.717, 1.165) is 11.3 Å². The standard InChI is InChI=1S/C14H20ClNO2/c1-11(2)18-13-7-5-4-6-12(13)10-16(3)14(17)8-9-15/h4-7,11H,8-10H2,1-3H3. The lowest BCUT2D eigenvalue weighted by atomic mass is 10.2. The van der Waals surface area contributed by atoms with Crippen LogP contribution in [0.1, 0.15) is 25.8 Å². The van der Waals surface area contributed by atoms with Crippen molar-refractivity contribution in [3.63, 3.8) is 0 Å². The number of rotatable bonds is 6. The van der Waals surface area contributed by atoms with Crippen LogP contribution in [0.25, 0.3) is 0 Å². The van der Waals surface area contributed by atoms with Gasteiger partial charge in [-0.2, -0.15) is 0 Å². The summed E-state index contributed by atoms with van der Waals surface area (Å²) in [6.07, 6.45) is 0.487. The van der Waals surface area contributed by atoms with Gasteiger partial charge in [0, 0.05) is 31.5 Å². The molecule has 0 fully saturated rings. The molecule has 1 aromatic rings. The van der Waals surface area contributed by atoms with Gasteiger partial charge in [0.25, 0.3) is 0 Å². The highest BCUT2D eigenvalue weighted by Gasteiger charge is 2.11. The van der Waals surface area contributed by atoms with E-state index >= 15 is 0 Å². The summed E-state index contributed by atoms with van der Waals surface area (Å²) < 4.78 is 5.72. The fourth-order valence-corrected chi connectivity index (χ4v) is 1.78. The van der Waals surface area contributed by atoms with E-state index in [1.165, 1.54) is 0 Å². The number of ether oxygens (including phenoxy) is 1. The van der Waals surface area contributed by atoms with Crippen LogP contribution < -0.4 is 4.74 Å². The molecular formula is C14H20ClNO2. The molecule has 100 valence electrons. The SMILES string of the molecule is CC(C)Oc1ccccc1CN(C)C(=O)CCCl. The minimum atomic E-state index is 0.0457. The second kappa shape index (κ2) is 7.27. The molecule has 0 saturated heterocycles. The Morgan fingerprint density at radius 1 is 1.39 bits per heavy atom. The Hall–Kier alpha value is -1.22. The lowest BCUT2D eigenvalue weighted by Gasteiger charge is -2.20. The predicted molar refractivity (Wildman–Crippen MR) is 74.0 cm³/mol. The van der Waals surface area contributed by atoms with Crippen LogP contribution >= 0.6 is 11.6 Å². The van der Waals surface area contributed by atoms with E-state index in [4.69, 9.17) is 16.3 Å². The van der Waals surface area contributed by atoms with Crippen LogP contribution in [0, 0.1) is 0 Å². The molecule has 0 N–H and O–H groups in total.